The molecule has 0 aliphatic carbocycles. The van der Waals surface area contributed by atoms with Crippen LogP contribution in [0.1, 0.15) is 16.8 Å². The second-order valence-corrected chi connectivity index (χ2v) is 6.24. The predicted octanol–water partition coefficient (Wildman–Crippen LogP) is 1.43. The molecule has 0 radical (unpaired) electrons. The monoisotopic (exact) mass is 369 g/mol. The third kappa shape index (κ3) is 4.51. The van der Waals surface area contributed by atoms with Crippen LogP contribution < -0.4 is 5.14 Å². The van der Waals surface area contributed by atoms with Gasteiger partial charge in [-0.05, 0) is 12.1 Å². The number of sulfonamides is 1. The molecule has 2 N–H and O–H groups in total. The molecular weight excluding hydrogens is 357 g/mol. The average Bonchev–Trinajstić information content (AvgIpc) is 2.35. The number of hydrogen-bond acceptors (Lipinski definition) is 5. The zero-order valence-electron chi connectivity index (χ0n) is 10.6. The first-order valence-electron chi connectivity index (χ1n) is 5.45. The van der Waals surface area contributed by atoms with Gasteiger partial charge in [-0.15, -0.1) is 0 Å². The van der Waals surface area contributed by atoms with E-state index in [1.807, 2.05) is 0 Å². The van der Waals surface area contributed by atoms with Crippen LogP contribution >= 0.6 is 15.9 Å². The Morgan fingerprint density at radius 2 is 2.05 bits per heavy atom. The molecule has 0 spiro atoms. The van der Waals surface area contributed by atoms with Gasteiger partial charge in [0.25, 0.3) is 0 Å². The minimum absolute atomic E-state index is 0.0311. The summed E-state index contributed by atoms with van der Waals surface area (Å²) in [7, 11) is -2.78. The molecule has 6 nitrogen and oxygen atoms in total. The maximum atomic E-state index is 14.0. The van der Waals surface area contributed by atoms with Crippen molar-refractivity contribution in [1.29, 1.82) is 0 Å². The van der Waals surface area contributed by atoms with Crippen LogP contribution in [0.2, 0.25) is 0 Å². The first-order chi connectivity index (χ1) is 9.27. The summed E-state index contributed by atoms with van der Waals surface area (Å²) in [5.41, 5.74) is -0.499. The molecule has 0 amide bonds. The number of esters is 1. The van der Waals surface area contributed by atoms with Crippen molar-refractivity contribution in [3.8, 4) is 0 Å². The minimum Gasteiger partial charge on any atom is -0.462 e. The normalized spacial score (nSPS) is 11.4. The molecule has 20 heavy (non-hydrogen) atoms. The van der Waals surface area contributed by atoms with Gasteiger partial charge in [0, 0.05) is 24.6 Å². The second-order valence-electron chi connectivity index (χ2n) is 3.79. The highest BCUT2D eigenvalue weighted by Gasteiger charge is 2.23. The number of carbonyl (C=O) groups is 1. The van der Waals surface area contributed by atoms with Crippen LogP contribution in [-0.2, 0) is 19.5 Å². The van der Waals surface area contributed by atoms with Gasteiger partial charge in [-0.25, -0.2) is 22.7 Å². The van der Waals surface area contributed by atoms with Gasteiger partial charge < -0.3 is 9.47 Å². The first-order valence-corrected chi connectivity index (χ1v) is 7.79. The average molecular weight is 370 g/mol. The summed E-state index contributed by atoms with van der Waals surface area (Å²) in [5, 5.41) is 4.88. The minimum atomic E-state index is -4.27. The molecule has 0 saturated heterocycles. The Balaban J connectivity index is 3.01. The van der Waals surface area contributed by atoms with E-state index in [-0.39, 0.29) is 11.1 Å². The van der Waals surface area contributed by atoms with Crippen LogP contribution in [0, 0.1) is 5.82 Å². The lowest BCUT2D eigenvalue weighted by Crippen LogP contribution is -2.17. The molecule has 0 aliphatic heterocycles. The highest BCUT2D eigenvalue weighted by atomic mass is 79.9. The number of primary sulfonamides is 1. The van der Waals surface area contributed by atoms with E-state index in [0.29, 0.717) is 13.0 Å². The summed E-state index contributed by atoms with van der Waals surface area (Å²) >= 11 is 2.99. The van der Waals surface area contributed by atoms with Gasteiger partial charge in [-0.1, -0.05) is 15.9 Å². The predicted molar refractivity (Wildman–Crippen MR) is 72.2 cm³/mol. The van der Waals surface area contributed by atoms with Crippen molar-refractivity contribution in [2.24, 2.45) is 5.14 Å². The number of hydrogen-bond donors (Lipinski definition) is 1. The van der Waals surface area contributed by atoms with Crippen LogP contribution in [0.4, 0.5) is 4.39 Å². The number of rotatable bonds is 6. The first kappa shape index (κ1) is 17.0. The van der Waals surface area contributed by atoms with E-state index in [4.69, 9.17) is 14.6 Å². The van der Waals surface area contributed by atoms with Gasteiger partial charge >= 0.3 is 5.97 Å². The lowest BCUT2D eigenvalue weighted by molar-refractivity contribution is 0.0462. The molecule has 0 saturated carbocycles. The molecule has 0 aliphatic rings. The number of carbonyl (C=O) groups excluding carboxylic acids is 1. The lowest BCUT2D eigenvalue weighted by Gasteiger charge is -2.08. The lowest BCUT2D eigenvalue weighted by atomic mass is 10.2. The van der Waals surface area contributed by atoms with E-state index < -0.39 is 32.3 Å². The van der Waals surface area contributed by atoms with Crippen LogP contribution in [0.3, 0.4) is 0 Å². The van der Waals surface area contributed by atoms with Gasteiger partial charge in [0.05, 0.1) is 12.2 Å². The summed E-state index contributed by atoms with van der Waals surface area (Å²) < 4.78 is 46.2. The number of nitrogens with two attached hydrogens (primary N) is 1. The molecule has 0 bridgehead atoms. The van der Waals surface area contributed by atoms with E-state index in [0.717, 1.165) is 12.1 Å². The van der Waals surface area contributed by atoms with E-state index in [9.17, 15) is 17.6 Å². The van der Waals surface area contributed by atoms with Crippen molar-refractivity contribution in [1.82, 2.24) is 0 Å². The zero-order chi connectivity index (χ0) is 15.3. The molecule has 1 aromatic rings. The van der Waals surface area contributed by atoms with Crippen LogP contribution in [0.15, 0.2) is 21.5 Å². The summed E-state index contributed by atoms with van der Waals surface area (Å²) in [5.74, 6) is -2.20. The van der Waals surface area contributed by atoms with Crippen molar-refractivity contribution in [3.63, 3.8) is 0 Å². The van der Waals surface area contributed by atoms with Crippen molar-refractivity contribution in [2.75, 3.05) is 20.3 Å². The standard InChI is InChI=1S/C11H13BrFNO5S/c1-18-3-2-4-19-11(15)8-5-7(12)6-9(10(8)13)20(14,16)17/h5-6H,2-4H2,1H3,(H2,14,16,17). The number of halogens is 2. The Morgan fingerprint density at radius 1 is 1.40 bits per heavy atom. The van der Waals surface area contributed by atoms with Gasteiger partial charge in [-0.2, -0.15) is 0 Å². The van der Waals surface area contributed by atoms with Crippen molar-refractivity contribution >= 4 is 31.9 Å². The zero-order valence-corrected chi connectivity index (χ0v) is 13.0. The Kier molecular flexibility index (Phi) is 6.06. The van der Waals surface area contributed by atoms with Crippen LogP contribution in [0.5, 0.6) is 0 Å². The molecular formula is C11H13BrFNO5S. The highest BCUT2D eigenvalue weighted by molar-refractivity contribution is 9.10. The summed E-state index contributed by atoms with van der Waals surface area (Å²) in [6.07, 6.45) is 0.444. The van der Waals surface area contributed by atoms with E-state index in [2.05, 4.69) is 15.9 Å². The Labute approximate surface area is 124 Å². The van der Waals surface area contributed by atoms with Gasteiger partial charge in [0.15, 0.2) is 5.82 Å². The fraction of sp³-hybridized carbons (Fsp3) is 0.364. The summed E-state index contributed by atoms with van der Waals surface area (Å²) in [6, 6.07) is 2.11. The van der Waals surface area contributed by atoms with Crippen LogP contribution in [-0.4, -0.2) is 34.7 Å². The Hall–Kier alpha value is -1.03. The Bertz CT molecular complexity index is 605. The number of methoxy groups -OCH3 is 1. The molecule has 0 atom stereocenters. The van der Waals surface area contributed by atoms with Crippen molar-refractivity contribution < 1.29 is 27.1 Å². The topological polar surface area (TPSA) is 95.7 Å². The maximum Gasteiger partial charge on any atom is 0.341 e. The third-order valence-electron chi connectivity index (χ3n) is 2.26. The summed E-state index contributed by atoms with van der Waals surface area (Å²) in [6.45, 7) is 0.417. The fourth-order valence-electron chi connectivity index (χ4n) is 1.37. The maximum absolute atomic E-state index is 14.0. The van der Waals surface area contributed by atoms with Gasteiger partial charge in [-0.3, -0.25) is 0 Å². The molecule has 112 valence electrons. The SMILES string of the molecule is COCCCOC(=O)c1cc(Br)cc(S(N)(=O)=O)c1F. The smallest absolute Gasteiger partial charge is 0.341 e. The van der Waals surface area contributed by atoms with Crippen molar-refractivity contribution in [2.45, 2.75) is 11.3 Å². The van der Waals surface area contributed by atoms with Gasteiger partial charge in [0.2, 0.25) is 10.0 Å². The Morgan fingerprint density at radius 3 is 2.60 bits per heavy atom. The molecule has 1 rings (SSSR count). The molecule has 0 unspecified atom stereocenters. The molecule has 0 aromatic heterocycles. The molecule has 0 heterocycles. The van der Waals surface area contributed by atoms with E-state index in [1.165, 1.54) is 7.11 Å². The molecule has 9 heteroatoms. The molecule has 1 aromatic carbocycles. The number of benzene rings is 1. The van der Waals surface area contributed by atoms with Gasteiger partial charge in [0.1, 0.15) is 4.90 Å². The van der Waals surface area contributed by atoms with E-state index >= 15 is 0 Å². The van der Waals surface area contributed by atoms with Crippen molar-refractivity contribution in [3.05, 3.63) is 28.0 Å². The molecule has 0 fully saturated rings. The highest BCUT2D eigenvalue weighted by Crippen LogP contribution is 2.23. The number of ether oxygens (including phenoxy) is 2. The van der Waals surface area contributed by atoms with E-state index in [1.54, 1.807) is 0 Å². The quantitative estimate of drug-likeness (QED) is 0.604. The van der Waals surface area contributed by atoms with Crippen LogP contribution in [0.25, 0.3) is 0 Å². The fourth-order valence-corrected chi connectivity index (χ4v) is 2.63. The summed E-state index contributed by atoms with van der Waals surface area (Å²) in [4.78, 5) is 10.9. The largest absolute Gasteiger partial charge is 0.462 e. The third-order valence-corrected chi connectivity index (χ3v) is 3.62. The second kappa shape index (κ2) is 7.11.